The lowest BCUT2D eigenvalue weighted by molar-refractivity contribution is 0.105. The van der Waals surface area contributed by atoms with Crippen molar-refractivity contribution in [3.63, 3.8) is 0 Å². The van der Waals surface area contributed by atoms with Gasteiger partial charge in [0.05, 0.1) is 19.3 Å². The molecule has 226 valence electrons. The fourth-order valence-corrected chi connectivity index (χ4v) is 7.34. The molecular formula is C36H55NO3Si. The Hall–Kier alpha value is -1.79. The second kappa shape index (κ2) is 11.4. The van der Waals surface area contributed by atoms with Gasteiger partial charge in [0.15, 0.2) is 8.32 Å². The molecule has 1 N–H and O–H groups in total. The van der Waals surface area contributed by atoms with E-state index in [0.29, 0.717) is 13.2 Å². The van der Waals surface area contributed by atoms with E-state index in [4.69, 9.17) is 14.1 Å². The van der Waals surface area contributed by atoms with Gasteiger partial charge < -0.3 is 14.3 Å². The standard InChI is InChI=1S/C36H55NO3Si/c1-23(2)32-31(33(38)25-13-15-26(16-14-25)34(3,4)5)29(24-17-19-39-20-18-24)30-27(37-32)21-36(9,10)22-28(30)40-41(11,12)35(6,7)8/h13-17,23,28,33,38H,18-22H2,1-12H3/t28-,33+/m0/s1. The lowest BCUT2D eigenvalue weighted by atomic mass is 9.71. The van der Waals surface area contributed by atoms with Crippen LogP contribution in [0.1, 0.15) is 139 Å². The summed E-state index contributed by atoms with van der Waals surface area (Å²) in [5.41, 5.74) is 9.06. The number of aliphatic hydroxyl groups excluding tert-OH is 1. The molecule has 0 amide bonds. The van der Waals surface area contributed by atoms with Gasteiger partial charge in [-0.15, -0.1) is 0 Å². The topological polar surface area (TPSA) is 51.6 Å². The molecule has 0 saturated carbocycles. The van der Waals surface area contributed by atoms with Crippen LogP contribution in [-0.4, -0.2) is 31.6 Å². The van der Waals surface area contributed by atoms with Crippen LogP contribution in [0.25, 0.3) is 5.57 Å². The Morgan fingerprint density at radius 1 is 1.05 bits per heavy atom. The number of hydrogen-bond donors (Lipinski definition) is 1. The predicted octanol–water partition coefficient (Wildman–Crippen LogP) is 9.42. The molecule has 1 aliphatic carbocycles. The summed E-state index contributed by atoms with van der Waals surface area (Å²) in [5.74, 6) is 0.169. The van der Waals surface area contributed by atoms with Crippen molar-refractivity contribution in [3.8, 4) is 0 Å². The quantitative estimate of drug-likeness (QED) is 0.347. The number of aromatic nitrogens is 1. The molecule has 2 aromatic rings. The number of aliphatic hydroxyl groups is 1. The molecule has 41 heavy (non-hydrogen) atoms. The van der Waals surface area contributed by atoms with Crippen LogP contribution in [0.3, 0.4) is 0 Å². The highest BCUT2D eigenvalue weighted by molar-refractivity contribution is 6.74. The molecule has 2 atom stereocenters. The molecule has 0 spiro atoms. The first-order valence-corrected chi connectivity index (χ1v) is 18.5. The maximum Gasteiger partial charge on any atom is 0.192 e. The molecular weight excluding hydrogens is 522 g/mol. The van der Waals surface area contributed by atoms with Crippen molar-refractivity contribution in [1.82, 2.24) is 4.98 Å². The van der Waals surface area contributed by atoms with Crippen LogP contribution in [-0.2, 0) is 21.0 Å². The highest BCUT2D eigenvalue weighted by Crippen LogP contribution is 2.51. The predicted molar refractivity (Wildman–Crippen MR) is 174 cm³/mol. The van der Waals surface area contributed by atoms with Crippen LogP contribution in [0.15, 0.2) is 30.3 Å². The second-order valence-corrected chi connectivity index (χ2v) is 20.8. The van der Waals surface area contributed by atoms with E-state index >= 15 is 0 Å². The highest BCUT2D eigenvalue weighted by atomic mass is 28.4. The van der Waals surface area contributed by atoms with Gasteiger partial charge >= 0.3 is 0 Å². The van der Waals surface area contributed by atoms with Gasteiger partial charge in [-0.05, 0) is 76.4 Å². The summed E-state index contributed by atoms with van der Waals surface area (Å²) in [6.07, 6.45) is 4.07. The molecule has 1 aromatic carbocycles. The average Bonchev–Trinajstić information content (AvgIpc) is 2.85. The normalized spacial score (nSPS) is 20.5. The monoisotopic (exact) mass is 577 g/mol. The minimum Gasteiger partial charge on any atom is -0.410 e. The number of nitrogens with zero attached hydrogens (tertiary/aromatic N) is 1. The summed E-state index contributed by atoms with van der Waals surface area (Å²) in [7, 11) is -2.10. The number of benzene rings is 1. The Kier molecular flexibility index (Phi) is 8.91. The molecule has 1 aliphatic heterocycles. The fraction of sp³-hybridized carbons (Fsp3) is 0.639. The van der Waals surface area contributed by atoms with Gasteiger partial charge in [-0.3, -0.25) is 4.98 Å². The Labute approximate surface area is 251 Å². The SMILES string of the molecule is CC(C)c1nc2c(c(C3=CCOCC3)c1[C@H](O)c1ccc(C(C)(C)C)cc1)[C@@H](O[Si](C)(C)C(C)(C)C)CC(C)(C)C2. The molecule has 2 aliphatic rings. The van der Waals surface area contributed by atoms with Gasteiger partial charge in [-0.2, -0.15) is 0 Å². The zero-order valence-corrected chi connectivity index (χ0v) is 28.9. The van der Waals surface area contributed by atoms with Gasteiger partial charge in [0.25, 0.3) is 0 Å². The van der Waals surface area contributed by atoms with E-state index in [-0.39, 0.29) is 27.9 Å². The summed E-state index contributed by atoms with van der Waals surface area (Å²) in [6.45, 7) is 28.7. The Morgan fingerprint density at radius 2 is 1.68 bits per heavy atom. The van der Waals surface area contributed by atoms with Crippen LogP contribution in [0.5, 0.6) is 0 Å². The van der Waals surface area contributed by atoms with Crippen LogP contribution in [0.4, 0.5) is 0 Å². The van der Waals surface area contributed by atoms with Crippen LogP contribution in [0, 0.1) is 5.41 Å². The summed E-state index contributed by atoms with van der Waals surface area (Å²) >= 11 is 0. The molecule has 0 unspecified atom stereocenters. The van der Waals surface area contributed by atoms with E-state index in [2.05, 4.69) is 113 Å². The van der Waals surface area contributed by atoms with Gasteiger partial charge in [-0.25, -0.2) is 0 Å². The number of rotatable bonds is 6. The number of pyridine rings is 1. The van der Waals surface area contributed by atoms with Gasteiger partial charge in [0.1, 0.15) is 6.10 Å². The van der Waals surface area contributed by atoms with Crippen LogP contribution >= 0.6 is 0 Å². The fourth-order valence-electron chi connectivity index (χ4n) is 6.08. The minimum absolute atomic E-state index is 0.0547. The van der Waals surface area contributed by atoms with Crippen molar-refractivity contribution in [2.45, 2.75) is 130 Å². The van der Waals surface area contributed by atoms with E-state index < -0.39 is 14.4 Å². The molecule has 0 radical (unpaired) electrons. The lowest BCUT2D eigenvalue weighted by Crippen LogP contribution is -2.44. The van der Waals surface area contributed by atoms with Crippen molar-refractivity contribution in [2.75, 3.05) is 13.2 Å². The Bertz CT molecular complexity index is 1280. The third kappa shape index (κ3) is 6.74. The van der Waals surface area contributed by atoms with Crippen molar-refractivity contribution >= 4 is 13.9 Å². The first-order valence-electron chi connectivity index (χ1n) is 15.6. The van der Waals surface area contributed by atoms with Crippen molar-refractivity contribution in [3.05, 3.63) is 69.5 Å². The largest absolute Gasteiger partial charge is 0.410 e. The third-order valence-corrected chi connectivity index (χ3v) is 14.0. The lowest BCUT2D eigenvalue weighted by Gasteiger charge is -2.45. The average molecular weight is 578 g/mol. The zero-order valence-electron chi connectivity index (χ0n) is 27.9. The molecule has 2 heterocycles. The molecule has 4 rings (SSSR count). The molecule has 0 saturated heterocycles. The first-order chi connectivity index (χ1) is 18.8. The molecule has 0 bridgehead atoms. The first kappa shape index (κ1) is 32.1. The van der Waals surface area contributed by atoms with E-state index in [1.54, 1.807) is 0 Å². The number of fused-ring (bicyclic) bond motifs is 1. The maximum absolute atomic E-state index is 12.2. The summed E-state index contributed by atoms with van der Waals surface area (Å²) in [4.78, 5) is 5.43. The van der Waals surface area contributed by atoms with Crippen LogP contribution < -0.4 is 0 Å². The molecule has 0 fully saturated rings. The van der Waals surface area contributed by atoms with E-state index in [1.807, 2.05) is 0 Å². The van der Waals surface area contributed by atoms with E-state index in [0.717, 1.165) is 41.8 Å². The van der Waals surface area contributed by atoms with Crippen molar-refractivity contribution in [1.29, 1.82) is 0 Å². The number of hydrogen-bond acceptors (Lipinski definition) is 4. The van der Waals surface area contributed by atoms with E-state index in [9.17, 15) is 5.11 Å². The third-order valence-electron chi connectivity index (χ3n) is 9.53. The maximum atomic E-state index is 12.2. The van der Waals surface area contributed by atoms with Crippen molar-refractivity contribution < 1.29 is 14.3 Å². The summed E-state index contributed by atoms with van der Waals surface area (Å²) in [5, 5.41) is 12.3. The molecule has 5 heteroatoms. The number of ether oxygens (including phenoxy) is 1. The summed E-state index contributed by atoms with van der Waals surface area (Å²) < 4.78 is 13.1. The zero-order chi connectivity index (χ0) is 30.5. The van der Waals surface area contributed by atoms with Gasteiger partial charge in [0, 0.05) is 22.5 Å². The van der Waals surface area contributed by atoms with Gasteiger partial charge in [0.2, 0.25) is 0 Å². The summed E-state index contributed by atoms with van der Waals surface area (Å²) in [6, 6.07) is 8.53. The van der Waals surface area contributed by atoms with E-state index in [1.165, 1.54) is 22.3 Å². The van der Waals surface area contributed by atoms with Gasteiger partial charge in [-0.1, -0.05) is 99.6 Å². The molecule has 4 nitrogen and oxygen atoms in total. The van der Waals surface area contributed by atoms with Crippen molar-refractivity contribution in [2.24, 2.45) is 5.41 Å². The highest BCUT2D eigenvalue weighted by Gasteiger charge is 2.45. The minimum atomic E-state index is -2.10. The molecule has 1 aromatic heterocycles. The van der Waals surface area contributed by atoms with Crippen LogP contribution in [0.2, 0.25) is 18.1 Å². The second-order valence-electron chi connectivity index (χ2n) is 16.0. The Balaban J connectivity index is 2.01. The smallest absolute Gasteiger partial charge is 0.192 e. The Morgan fingerprint density at radius 3 is 2.20 bits per heavy atom.